The van der Waals surface area contributed by atoms with Crippen molar-refractivity contribution in [2.24, 2.45) is 0 Å². The average molecular weight is 2350 g/mol. The van der Waals surface area contributed by atoms with E-state index in [4.69, 9.17) is 14.7 Å². The van der Waals surface area contributed by atoms with Crippen molar-refractivity contribution >= 4 is 40.9 Å². The molecule has 0 saturated carbocycles. The second-order valence-corrected chi connectivity index (χ2v) is 22.2. The van der Waals surface area contributed by atoms with Gasteiger partial charge in [-0.1, -0.05) is 146 Å². The number of aliphatic hydroxyl groups excluding tert-OH is 1. The van der Waals surface area contributed by atoms with E-state index in [1.807, 2.05) is 245 Å². The molecule has 10 aromatic heterocycles. The van der Waals surface area contributed by atoms with Crippen molar-refractivity contribution < 1.29 is 132 Å². The van der Waals surface area contributed by atoms with Crippen molar-refractivity contribution in [1.82, 2.24) is 65.3 Å². The van der Waals surface area contributed by atoms with E-state index in [-0.39, 0.29) is 125 Å². The number of rotatable bonds is 9. The minimum absolute atomic E-state index is 0. The Hall–Kier alpha value is -11.0. The van der Waals surface area contributed by atoms with E-state index in [0.717, 1.165) is 73.9 Å². The molecule has 0 aliphatic heterocycles. The third kappa shape index (κ3) is 28.8. The molecule has 0 unspecified atom stereocenters. The Morgan fingerprint density at radius 3 is 1.15 bits per heavy atom. The summed E-state index contributed by atoms with van der Waals surface area (Å²) in [5.41, 5.74) is 15.2. The molecule has 0 fully saturated rings. The molecule has 6 aromatic carbocycles. The Morgan fingerprint density at radius 1 is 0.436 bits per heavy atom. The zero-order chi connectivity index (χ0) is 74.6. The number of phenols is 2. The summed E-state index contributed by atoms with van der Waals surface area (Å²) in [5.74, 6) is 1.10. The normalized spacial score (nSPS) is 9.66. The van der Waals surface area contributed by atoms with Gasteiger partial charge in [0.2, 0.25) is 0 Å². The fourth-order valence-electron chi connectivity index (χ4n) is 9.96. The first kappa shape index (κ1) is 93.2. The molecule has 0 aliphatic rings. The van der Waals surface area contributed by atoms with Gasteiger partial charge >= 0.3 is 21.1 Å². The van der Waals surface area contributed by atoms with Crippen molar-refractivity contribution in [2.45, 2.75) is 34.6 Å². The molecular weight excluding hydrogens is 2280 g/mol. The van der Waals surface area contributed by atoms with Crippen LogP contribution in [0.2, 0.25) is 0 Å². The number of aryl methyl sites for hydroxylation is 3. The van der Waals surface area contributed by atoms with Crippen LogP contribution in [0.15, 0.2) is 310 Å². The SMILES string of the molecule is CC(=O)C=C(C)O.Cc1cc(-c2ccccn2)[n-]n1.Cc1cc(-c2ccccn2)[n-]n1.Cc1n[cH-]c(-c2ccccn2)n1.Oc1ccccc1-c1cccc(-c2cccc(-c3ccccc3O)n2)n1.[CH-]=O.[CH-]=O.[Ir].[Ir].[Os].[Pt+2].[Pt].[c-]1ccccc1-c1nccc2ccccc12.[c-]1ccccc1-c1nccc2ccccc12. The van der Waals surface area contributed by atoms with Gasteiger partial charge < -0.3 is 70.2 Å². The first-order chi connectivity index (χ1) is 51.3. The number of hydrogen-bond donors (Lipinski definition) is 3. The van der Waals surface area contributed by atoms with Gasteiger partial charge in [0.25, 0.3) is 0 Å². The van der Waals surface area contributed by atoms with E-state index in [1.54, 1.807) is 49.1 Å². The second kappa shape index (κ2) is 50.6. The van der Waals surface area contributed by atoms with Crippen molar-refractivity contribution in [2.75, 3.05) is 0 Å². The number of hydrogen-bond acceptors (Lipinski definition) is 17. The summed E-state index contributed by atoms with van der Waals surface area (Å²) in [6.45, 7) is 15.0. The Balaban J connectivity index is 0.000000337. The van der Waals surface area contributed by atoms with Crippen LogP contribution in [-0.2, 0) is 117 Å². The number of aliphatic hydroxyl groups is 1. The number of aromatic nitrogens is 13. The number of aromatic hydroxyl groups is 2. The van der Waals surface area contributed by atoms with Crippen LogP contribution in [-0.4, -0.2) is 89.7 Å². The number of ketones is 1. The molecule has 110 heavy (non-hydrogen) atoms. The smallest absolute Gasteiger partial charge is 0.574 e. The van der Waals surface area contributed by atoms with E-state index in [9.17, 15) is 15.0 Å². The van der Waals surface area contributed by atoms with Crippen LogP contribution >= 0.6 is 0 Å². The molecule has 3 N–H and O–H groups in total. The van der Waals surface area contributed by atoms with Crippen LogP contribution in [0, 0.1) is 32.9 Å². The molecule has 2 radical (unpaired) electrons. The minimum atomic E-state index is -0.125. The molecule has 0 bridgehead atoms. The molecular formula is C86H70Ir2N13O6OsPt2-5. The molecule has 0 aliphatic carbocycles. The van der Waals surface area contributed by atoms with Crippen molar-refractivity contribution in [1.29, 1.82) is 0 Å². The van der Waals surface area contributed by atoms with E-state index in [2.05, 4.69) is 115 Å². The Labute approximate surface area is 707 Å². The predicted octanol–water partition coefficient (Wildman–Crippen LogP) is 17.2. The van der Waals surface area contributed by atoms with Crippen LogP contribution in [0.5, 0.6) is 11.5 Å². The van der Waals surface area contributed by atoms with Gasteiger partial charge in [-0.05, 0) is 163 Å². The number of phenolic OH excluding ortho intramolecular Hbond substituents is 2. The first-order valence-electron chi connectivity index (χ1n) is 32.5. The summed E-state index contributed by atoms with van der Waals surface area (Å²) >= 11 is 0. The molecule has 16 rings (SSSR count). The van der Waals surface area contributed by atoms with Gasteiger partial charge in [0.15, 0.2) is 5.78 Å². The van der Waals surface area contributed by atoms with Gasteiger partial charge in [-0.3, -0.25) is 28.3 Å². The third-order valence-electron chi connectivity index (χ3n) is 14.6. The maximum absolute atomic E-state index is 10.1. The van der Waals surface area contributed by atoms with E-state index in [0.29, 0.717) is 33.9 Å². The molecule has 566 valence electrons. The minimum Gasteiger partial charge on any atom is -0.574 e. The molecule has 0 amide bonds. The van der Waals surface area contributed by atoms with E-state index >= 15 is 0 Å². The zero-order valence-electron chi connectivity index (χ0n) is 59.6. The van der Waals surface area contributed by atoms with Crippen LogP contribution < -0.4 is 10.2 Å². The number of allylic oxidation sites excluding steroid dienone is 2. The van der Waals surface area contributed by atoms with E-state index in [1.165, 1.54) is 41.5 Å². The Kier molecular flexibility index (Phi) is 42.8. The number of pyridine rings is 7. The summed E-state index contributed by atoms with van der Waals surface area (Å²) in [7, 11) is 0. The summed E-state index contributed by atoms with van der Waals surface area (Å²) in [6, 6.07) is 89.4. The molecule has 0 saturated heterocycles. The van der Waals surface area contributed by atoms with Crippen molar-refractivity contribution in [3.05, 3.63) is 339 Å². The monoisotopic (exact) mass is 2350 g/mol. The molecule has 19 nitrogen and oxygen atoms in total. The van der Waals surface area contributed by atoms with Gasteiger partial charge in [0, 0.05) is 158 Å². The number of nitrogens with zero attached hydrogens (tertiary/aromatic N) is 13. The molecule has 24 heteroatoms. The Morgan fingerprint density at radius 2 is 0.809 bits per heavy atom. The molecule has 16 aromatic rings. The van der Waals surface area contributed by atoms with E-state index < -0.39 is 0 Å². The van der Waals surface area contributed by atoms with Gasteiger partial charge in [0.1, 0.15) is 11.5 Å². The largest absolute Gasteiger partial charge is 2.00 e. The summed E-state index contributed by atoms with van der Waals surface area (Å²) < 4.78 is 0. The van der Waals surface area contributed by atoms with Crippen LogP contribution in [0.4, 0.5) is 0 Å². The Bertz CT molecular complexity index is 4950. The third-order valence-corrected chi connectivity index (χ3v) is 14.6. The van der Waals surface area contributed by atoms with Gasteiger partial charge in [-0.15, -0.1) is 71.8 Å². The number of benzene rings is 6. The summed E-state index contributed by atoms with van der Waals surface area (Å²) in [6.07, 6.45) is 11.8. The van der Waals surface area contributed by atoms with Crippen LogP contribution in [0.1, 0.15) is 31.1 Å². The molecule has 0 spiro atoms. The predicted molar refractivity (Wildman–Crippen MR) is 411 cm³/mol. The standard InChI is InChI=1S/C22H16N2O2.2C15H10N.3C9H8N3.C5H8O2.2CHO.2Ir.Os.2Pt/c25-21-13-3-1-7-15(21)17-9-5-11-19(23-17)20-12-6-10-18(24-20)16-8-2-4-14-22(16)26;2*1-2-7-13(8-3-1)15-14-9-5-4-6-12(14)10-11-16-15;1-7-11-6-9(12-7)8-4-2-3-5-10-8;2*1-7-6-9(12-11-7)8-4-2-3-5-10-8;1-4(6)3-5(2)7;2*1-2;;;;;/h1-14,25-26H;2*1-7,9-11H;3*2-6H,1H3;3,6H,1-2H3;2*1H;;;;;/q;5*-1;;2*-1;;;;;+2. The van der Waals surface area contributed by atoms with Crippen LogP contribution in [0.3, 0.4) is 0 Å². The van der Waals surface area contributed by atoms with Crippen molar-refractivity contribution in [3.8, 4) is 102 Å². The van der Waals surface area contributed by atoms with Crippen molar-refractivity contribution in [3.63, 3.8) is 0 Å². The maximum Gasteiger partial charge on any atom is 2.00 e. The molecule has 0 atom stereocenters. The van der Waals surface area contributed by atoms with Gasteiger partial charge in [-0.2, -0.15) is 0 Å². The van der Waals surface area contributed by atoms with Crippen LogP contribution in [0.25, 0.3) is 112 Å². The number of imidazole rings is 1. The summed E-state index contributed by atoms with van der Waals surface area (Å²) in [4.78, 5) is 64.4. The number of fused-ring (bicyclic) bond motifs is 2. The topological polar surface area (TPSA) is 282 Å². The van der Waals surface area contributed by atoms with Gasteiger partial charge in [0.05, 0.1) is 28.5 Å². The fraction of sp³-hybridized carbons (Fsp3) is 0.0581. The maximum atomic E-state index is 10.1. The number of carbonyl (C=O) groups is 1. The number of para-hydroxylation sites is 2. The first-order valence-corrected chi connectivity index (χ1v) is 32.5. The molecule has 10 heterocycles. The number of carbonyl (C=O) groups excluding carboxylic acids is 3. The summed E-state index contributed by atoms with van der Waals surface area (Å²) in [5, 5.41) is 49.0. The fourth-order valence-corrected chi connectivity index (χ4v) is 9.96. The average Bonchev–Trinajstić information content (AvgIpc) is 0.948. The second-order valence-electron chi connectivity index (χ2n) is 22.2. The quantitative estimate of drug-likeness (QED) is 0.0524. The zero-order valence-corrected chi connectivity index (χ0v) is 71.4. The van der Waals surface area contributed by atoms with Gasteiger partial charge in [-0.25, -0.2) is 9.97 Å².